The second-order valence-electron chi connectivity index (χ2n) is 5.78. The lowest BCUT2D eigenvalue weighted by molar-refractivity contribution is 0.0929. The largest absolute Gasteiger partial charge is 0.487 e. The molecule has 2 aromatic rings. The molecular weight excluding hydrogens is 304 g/mol. The Hall–Kier alpha value is -2.40. The topological polar surface area (TPSA) is 60.5 Å². The molecular formula is C19H24N2O3. The molecule has 1 aromatic carbocycles. The van der Waals surface area contributed by atoms with Gasteiger partial charge in [-0.15, -0.1) is 0 Å². The summed E-state index contributed by atoms with van der Waals surface area (Å²) in [6.07, 6.45) is 2.48. The Balaban J connectivity index is 1.92. The number of methoxy groups -OCH3 is 1. The zero-order chi connectivity index (χ0) is 17.4. The Morgan fingerprint density at radius 1 is 1.29 bits per heavy atom. The zero-order valence-electron chi connectivity index (χ0n) is 14.4. The quantitative estimate of drug-likeness (QED) is 0.809. The van der Waals surface area contributed by atoms with Gasteiger partial charge in [-0.3, -0.25) is 9.78 Å². The second-order valence-corrected chi connectivity index (χ2v) is 5.78. The maximum absolute atomic E-state index is 12.3. The van der Waals surface area contributed by atoms with Crippen LogP contribution in [0.25, 0.3) is 0 Å². The summed E-state index contributed by atoms with van der Waals surface area (Å²) in [4.78, 5) is 16.5. The van der Waals surface area contributed by atoms with Gasteiger partial charge in [0.15, 0.2) is 0 Å². The van der Waals surface area contributed by atoms with Gasteiger partial charge in [-0.2, -0.15) is 0 Å². The molecule has 1 aromatic heterocycles. The lowest BCUT2D eigenvalue weighted by Gasteiger charge is -2.14. The van der Waals surface area contributed by atoms with Crippen molar-refractivity contribution in [2.75, 3.05) is 13.7 Å². The van der Waals surface area contributed by atoms with E-state index in [4.69, 9.17) is 9.47 Å². The number of carbonyl (C=O) groups excluding carboxylic acids is 1. The van der Waals surface area contributed by atoms with E-state index < -0.39 is 0 Å². The molecule has 0 aliphatic rings. The first-order valence-electron chi connectivity index (χ1n) is 8.02. The first-order valence-corrected chi connectivity index (χ1v) is 8.02. The number of pyridine rings is 1. The number of aryl methyl sites for hydroxylation is 1. The van der Waals surface area contributed by atoms with Crippen molar-refractivity contribution in [1.82, 2.24) is 10.3 Å². The van der Waals surface area contributed by atoms with Gasteiger partial charge in [0.25, 0.3) is 5.91 Å². The Kier molecular flexibility index (Phi) is 6.75. The minimum atomic E-state index is -0.0857. The highest BCUT2D eigenvalue weighted by molar-refractivity contribution is 5.94. The smallest absolute Gasteiger partial charge is 0.251 e. The maximum Gasteiger partial charge on any atom is 0.251 e. The molecule has 1 amide bonds. The highest BCUT2D eigenvalue weighted by Gasteiger charge is 2.10. The van der Waals surface area contributed by atoms with Gasteiger partial charge in [0.2, 0.25) is 0 Å². The van der Waals surface area contributed by atoms with E-state index in [1.807, 2.05) is 44.2 Å². The van der Waals surface area contributed by atoms with Gasteiger partial charge in [0.1, 0.15) is 12.4 Å². The summed E-state index contributed by atoms with van der Waals surface area (Å²) in [5.41, 5.74) is 2.51. The van der Waals surface area contributed by atoms with E-state index in [1.165, 1.54) is 0 Å². The first kappa shape index (κ1) is 17.9. The van der Waals surface area contributed by atoms with Crippen LogP contribution in [-0.4, -0.2) is 30.6 Å². The summed E-state index contributed by atoms with van der Waals surface area (Å²) in [6.45, 7) is 4.92. The van der Waals surface area contributed by atoms with Gasteiger partial charge in [0, 0.05) is 31.0 Å². The van der Waals surface area contributed by atoms with E-state index in [-0.39, 0.29) is 11.9 Å². The van der Waals surface area contributed by atoms with Crippen LogP contribution in [0.1, 0.15) is 35.0 Å². The molecule has 0 saturated heterocycles. The molecule has 1 atom stereocenters. The second kappa shape index (κ2) is 9.03. The molecule has 5 heteroatoms. The fourth-order valence-corrected chi connectivity index (χ4v) is 2.18. The van der Waals surface area contributed by atoms with E-state index in [2.05, 4.69) is 10.3 Å². The SMILES string of the molecule is COCC[C@@H](C)NC(=O)c1cccc(COc2ccc(C)nc2)c1. The van der Waals surface area contributed by atoms with Crippen molar-refractivity contribution in [3.05, 3.63) is 59.4 Å². The van der Waals surface area contributed by atoms with E-state index in [0.29, 0.717) is 24.5 Å². The molecule has 128 valence electrons. The minimum Gasteiger partial charge on any atom is -0.487 e. The number of carbonyl (C=O) groups is 1. The van der Waals surface area contributed by atoms with Crippen LogP contribution in [0.2, 0.25) is 0 Å². The van der Waals surface area contributed by atoms with Crippen molar-refractivity contribution >= 4 is 5.91 Å². The molecule has 0 saturated carbocycles. The number of rotatable bonds is 8. The highest BCUT2D eigenvalue weighted by Crippen LogP contribution is 2.13. The molecule has 0 radical (unpaired) electrons. The van der Waals surface area contributed by atoms with Crippen LogP contribution in [0.3, 0.4) is 0 Å². The van der Waals surface area contributed by atoms with Crippen molar-refractivity contribution in [3.8, 4) is 5.75 Å². The Labute approximate surface area is 143 Å². The number of aromatic nitrogens is 1. The monoisotopic (exact) mass is 328 g/mol. The van der Waals surface area contributed by atoms with Crippen LogP contribution in [0.5, 0.6) is 5.75 Å². The molecule has 5 nitrogen and oxygen atoms in total. The van der Waals surface area contributed by atoms with E-state index in [1.54, 1.807) is 19.4 Å². The summed E-state index contributed by atoms with van der Waals surface area (Å²) in [6, 6.07) is 11.3. The molecule has 0 bridgehead atoms. The van der Waals surface area contributed by atoms with Gasteiger partial charge in [0.05, 0.1) is 6.20 Å². The van der Waals surface area contributed by atoms with Gasteiger partial charge in [-0.1, -0.05) is 12.1 Å². The summed E-state index contributed by atoms with van der Waals surface area (Å²) in [5.74, 6) is 0.626. The number of amides is 1. The van der Waals surface area contributed by atoms with E-state index in [0.717, 1.165) is 17.7 Å². The molecule has 0 unspecified atom stereocenters. The van der Waals surface area contributed by atoms with Crippen molar-refractivity contribution in [2.24, 2.45) is 0 Å². The third-order valence-corrected chi connectivity index (χ3v) is 3.61. The highest BCUT2D eigenvalue weighted by atomic mass is 16.5. The van der Waals surface area contributed by atoms with Crippen molar-refractivity contribution in [3.63, 3.8) is 0 Å². The number of hydrogen-bond acceptors (Lipinski definition) is 4. The van der Waals surface area contributed by atoms with Crippen LogP contribution < -0.4 is 10.1 Å². The predicted molar refractivity (Wildman–Crippen MR) is 93.2 cm³/mol. The van der Waals surface area contributed by atoms with Gasteiger partial charge < -0.3 is 14.8 Å². The number of nitrogens with one attached hydrogen (secondary N) is 1. The fourth-order valence-electron chi connectivity index (χ4n) is 2.18. The van der Waals surface area contributed by atoms with Crippen LogP contribution in [0.15, 0.2) is 42.6 Å². The number of ether oxygens (including phenoxy) is 2. The summed E-state index contributed by atoms with van der Waals surface area (Å²) in [7, 11) is 1.65. The fraction of sp³-hybridized carbons (Fsp3) is 0.368. The van der Waals surface area contributed by atoms with Crippen molar-refractivity contribution < 1.29 is 14.3 Å². The predicted octanol–water partition coefficient (Wildman–Crippen LogP) is 3.12. The third kappa shape index (κ3) is 5.66. The molecule has 1 heterocycles. The molecule has 1 N–H and O–H groups in total. The van der Waals surface area contributed by atoms with Gasteiger partial charge in [-0.25, -0.2) is 0 Å². The lowest BCUT2D eigenvalue weighted by atomic mass is 10.1. The standard InChI is InChI=1S/C19H24N2O3/c1-14-7-8-18(12-20-14)24-13-16-5-4-6-17(11-16)19(22)21-15(2)9-10-23-3/h4-8,11-12,15H,9-10,13H2,1-3H3,(H,21,22)/t15-/m1/s1. The Morgan fingerprint density at radius 3 is 2.83 bits per heavy atom. The van der Waals surface area contributed by atoms with Crippen LogP contribution in [0.4, 0.5) is 0 Å². The molecule has 0 aliphatic heterocycles. The van der Waals surface area contributed by atoms with E-state index >= 15 is 0 Å². The average molecular weight is 328 g/mol. The number of nitrogens with zero attached hydrogens (tertiary/aromatic N) is 1. The molecule has 24 heavy (non-hydrogen) atoms. The normalized spacial score (nSPS) is 11.8. The lowest BCUT2D eigenvalue weighted by Crippen LogP contribution is -2.33. The average Bonchev–Trinajstić information content (AvgIpc) is 2.59. The summed E-state index contributed by atoms with van der Waals surface area (Å²) >= 11 is 0. The van der Waals surface area contributed by atoms with Gasteiger partial charge in [-0.05, 0) is 50.1 Å². The third-order valence-electron chi connectivity index (χ3n) is 3.61. The summed E-state index contributed by atoms with van der Waals surface area (Å²) in [5, 5.41) is 2.97. The summed E-state index contributed by atoms with van der Waals surface area (Å²) < 4.78 is 10.7. The molecule has 0 spiro atoms. The van der Waals surface area contributed by atoms with Crippen LogP contribution in [-0.2, 0) is 11.3 Å². The first-order chi connectivity index (χ1) is 11.6. The van der Waals surface area contributed by atoms with Crippen molar-refractivity contribution in [1.29, 1.82) is 0 Å². The maximum atomic E-state index is 12.3. The molecule has 0 fully saturated rings. The Morgan fingerprint density at radius 2 is 2.12 bits per heavy atom. The zero-order valence-corrected chi connectivity index (χ0v) is 14.4. The number of hydrogen-bond donors (Lipinski definition) is 1. The molecule has 2 rings (SSSR count). The van der Waals surface area contributed by atoms with Gasteiger partial charge >= 0.3 is 0 Å². The van der Waals surface area contributed by atoms with Crippen LogP contribution >= 0.6 is 0 Å². The Bertz CT molecular complexity index is 656. The van der Waals surface area contributed by atoms with E-state index in [9.17, 15) is 4.79 Å². The minimum absolute atomic E-state index is 0.0657. The number of benzene rings is 1. The molecule has 0 aliphatic carbocycles. The van der Waals surface area contributed by atoms with Crippen molar-refractivity contribution in [2.45, 2.75) is 32.9 Å². The van der Waals surface area contributed by atoms with Crippen LogP contribution in [0, 0.1) is 6.92 Å².